The van der Waals surface area contributed by atoms with E-state index in [0.29, 0.717) is 0 Å². The van der Waals surface area contributed by atoms with E-state index < -0.39 is 36.0 Å². The highest BCUT2D eigenvalue weighted by Crippen LogP contribution is 2.16. The number of rotatable bonds is 9. The molecule has 186 valence electrons. The van der Waals surface area contributed by atoms with Crippen LogP contribution in [-0.4, -0.2) is 58.4 Å². The van der Waals surface area contributed by atoms with E-state index in [1.165, 1.54) is 43.5 Å². The molecule has 2 N–H and O–H groups in total. The van der Waals surface area contributed by atoms with Crippen molar-refractivity contribution in [3.05, 3.63) is 82.9 Å². The van der Waals surface area contributed by atoms with Gasteiger partial charge >= 0.3 is 17.9 Å². The molecule has 3 rings (SSSR count). The molecule has 0 fully saturated rings. The molecule has 1 aromatic heterocycles. The van der Waals surface area contributed by atoms with Gasteiger partial charge in [-0.2, -0.15) is 0 Å². The highest BCUT2D eigenvalue weighted by atomic mass is 16.6. The number of nitrogens with one attached hydrogen (secondary N) is 1. The summed E-state index contributed by atoms with van der Waals surface area (Å²) in [7, 11) is 1.38. The molecule has 0 aliphatic rings. The fourth-order valence-electron chi connectivity index (χ4n) is 2.93. The van der Waals surface area contributed by atoms with E-state index in [0.717, 1.165) is 11.1 Å². The number of anilines is 1. The highest BCUT2D eigenvalue weighted by Gasteiger charge is 2.41. The number of methoxy groups -OCH3 is 1. The second-order valence-electron chi connectivity index (χ2n) is 7.67. The zero-order valence-electron chi connectivity index (χ0n) is 19.6. The zero-order chi connectivity index (χ0) is 26.2. The molecular formula is C25H23N3O8. The largest absolute Gasteiger partial charge is 0.480 e. The van der Waals surface area contributed by atoms with Crippen LogP contribution < -0.4 is 10.1 Å². The van der Waals surface area contributed by atoms with Crippen molar-refractivity contribution in [2.45, 2.75) is 26.1 Å². The molecule has 36 heavy (non-hydrogen) atoms. The number of carbonyl (C=O) groups excluding carboxylic acids is 3. The van der Waals surface area contributed by atoms with Crippen LogP contribution >= 0.6 is 0 Å². The van der Waals surface area contributed by atoms with Gasteiger partial charge in [-0.15, -0.1) is 10.2 Å². The zero-order valence-corrected chi connectivity index (χ0v) is 19.6. The van der Waals surface area contributed by atoms with E-state index in [4.69, 9.17) is 14.2 Å². The summed E-state index contributed by atoms with van der Waals surface area (Å²) in [5.41, 5.74) is 1.86. The van der Waals surface area contributed by atoms with E-state index in [9.17, 15) is 24.3 Å². The number of benzene rings is 2. The molecule has 1 amide bonds. The number of aromatic nitrogens is 2. The molecule has 0 bridgehead atoms. The second-order valence-corrected chi connectivity index (χ2v) is 7.67. The first-order valence-electron chi connectivity index (χ1n) is 10.6. The van der Waals surface area contributed by atoms with Crippen LogP contribution in [0.15, 0.2) is 60.7 Å². The summed E-state index contributed by atoms with van der Waals surface area (Å²) in [6.07, 6.45) is -4.23. The fourth-order valence-corrected chi connectivity index (χ4v) is 2.93. The summed E-state index contributed by atoms with van der Waals surface area (Å²) in [6, 6.07) is 15.1. The third-order valence-corrected chi connectivity index (χ3v) is 4.92. The lowest BCUT2D eigenvalue weighted by molar-refractivity contribution is -0.157. The standard InChI is InChI=1S/C25H23N3O8/c1-14-4-8-16(9-5-14)24(32)35-20(22(29)26-18-12-13-19(34-3)28-27-18)21(23(30)31)36-25(33)17-10-6-15(2)7-11-17/h4-13,20-21H,1-3H3,(H,30,31)(H,26,27,29)/t20-,21-/m0/s1. The quantitative estimate of drug-likeness (QED) is 0.425. The number of carbonyl (C=O) groups is 4. The molecule has 0 saturated carbocycles. The maximum Gasteiger partial charge on any atom is 0.349 e. The van der Waals surface area contributed by atoms with Crippen molar-refractivity contribution >= 4 is 29.6 Å². The first kappa shape index (κ1) is 25.8. The van der Waals surface area contributed by atoms with Crippen LogP contribution in [0.3, 0.4) is 0 Å². The van der Waals surface area contributed by atoms with Gasteiger partial charge in [0, 0.05) is 6.07 Å². The third kappa shape index (κ3) is 6.63. The molecule has 11 nitrogen and oxygen atoms in total. The normalized spacial score (nSPS) is 12.1. The van der Waals surface area contributed by atoms with Crippen molar-refractivity contribution in [3.8, 4) is 5.88 Å². The van der Waals surface area contributed by atoms with E-state index in [1.54, 1.807) is 24.3 Å². The van der Waals surface area contributed by atoms with Gasteiger partial charge in [0.1, 0.15) is 0 Å². The average molecular weight is 493 g/mol. The van der Waals surface area contributed by atoms with Gasteiger partial charge < -0.3 is 24.6 Å². The molecule has 11 heteroatoms. The SMILES string of the molecule is COc1ccc(NC(=O)[C@@H](OC(=O)c2ccc(C)cc2)[C@H](OC(=O)c2ccc(C)cc2)C(=O)O)nn1. The lowest BCUT2D eigenvalue weighted by Crippen LogP contribution is -2.48. The summed E-state index contributed by atoms with van der Waals surface area (Å²) >= 11 is 0. The van der Waals surface area contributed by atoms with Gasteiger partial charge in [0.15, 0.2) is 5.82 Å². The Morgan fingerprint density at radius 2 is 1.25 bits per heavy atom. The van der Waals surface area contributed by atoms with Gasteiger partial charge in [0.25, 0.3) is 5.91 Å². The number of ether oxygens (including phenoxy) is 3. The Morgan fingerprint density at radius 1 is 0.750 bits per heavy atom. The predicted molar refractivity (Wildman–Crippen MR) is 126 cm³/mol. The van der Waals surface area contributed by atoms with Crippen LogP contribution in [0.5, 0.6) is 5.88 Å². The van der Waals surface area contributed by atoms with Crippen molar-refractivity contribution in [3.63, 3.8) is 0 Å². The molecule has 0 radical (unpaired) electrons. The molecule has 0 saturated heterocycles. The average Bonchev–Trinajstić information content (AvgIpc) is 2.87. The summed E-state index contributed by atoms with van der Waals surface area (Å²) in [6.45, 7) is 3.62. The third-order valence-electron chi connectivity index (χ3n) is 4.92. The number of aliphatic carboxylic acids is 1. The maximum atomic E-state index is 13.1. The van der Waals surface area contributed by atoms with Crippen LogP contribution in [0.1, 0.15) is 31.8 Å². The molecule has 0 unspecified atom stereocenters. The minimum absolute atomic E-state index is 0.0527. The monoisotopic (exact) mass is 493 g/mol. The van der Waals surface area contributed by atoms with E-state index >= 15 is 0 Å². The number of hydrogen-bond acceptors (Lipinski definition) is 9. The number of amides is 1. The molecule has 0 spiro atoms. The Hall–Kier alpha value is -4.80. The lowest BCUT2D eigenvalue weighted by atomic mass is 10.1. The van der Waals surface area contributed by atoms with Gasteiger partial charge in [-0.3, -0.25) is 4.79 Å². The van der Waals surface area contributed by atoms with Gasteiger partial charge in [-0.1, -0.05) is 35.4 Å². The number of esters is 2. The van der Waals surface area contributed by atoms with E-state index in [1.807, 2.05) is 13.8 Å². The Labute approximate surface area is 206 Å². The minimum atomic E-state index is -2.17. The molecule has 0 aliphatic carbocycles. The number of hydrogen-bond donors (Lipinski definition) is 2. The molecule has 3 aromatic rings. The molecular weight excluding hydrogens is 470 g/mol. The summed E-state index contributed by atoms with van der Waals surface area (Å²) in [4.78, 5) is 50.5. The van der Waals surface area contributed by atoms with Crippen molar-refractivity contribution in [1.29, 1.82) is 0 Å². The van der Waals surface area contributed by atoms with Crippen LogP contribution in [0.25, 0.3) is 0 Å². The first-order valence-corrected chi connectivity index (χ1v) is 10.6. The highest BCUT2D eigenvalue weighted by molar-refractivity contribution is 6.01. The minimum Gasteiger partial charge on any atom is -0.480 e. The number of carboxylic acid groups (broad SMARTS) is 1. The first-order chi connectivity index (χ1) is 17.2. The molecule has 0 aliphatic heterocycles. The fraction of sp³-hybridized carbons (Fsp3) is 0.200. The molecule has 1 heterocycles. The Bertz CT molecular complexity index is 1240. The van der Waals surface area contributed by atoms with E-state index in [-0.39, 0.29) is 22.8 Å². The van der Waals surface area contributed by atoms with Crippen molar-refractivity contribution in [1.82, 2.24) is 10.2 Å². The van der Waals surface area contributed by atoms with Crippen molar-refractivity contribution in [2.75, 3.05) is 12.4 Å². The van der Waals surface area contributed by atoms with Gasteiger partial charge in [0.2, 0.25) is 18.1 Å². The van der Waals surface area contributed by atoms with Crippen LogP contribution in [0, 0.1) is 13.8 Å². The molecule has 2 atom stereocenters. The summed E-state index contributed by atoms with van der Waals surface area (Å²) in [5.74, 6) is -4.71. The van der Waals surface area contributed by atoms with Crippen LogP contribution in [-0.2, 0) is 19.1 Å². The number of nitrogens with zero attached hydrogens (tertiary/aromatic N) is 2. The van der Waals surface area contributed by atoms with Crippen LogP contribution in [0.2, 0.25) is 0 Å². The Morgan fingerprint density at radius 3 is 1.67 bits per heavy atom. The van der Waals surface area contributed by atoms with Crippen LogP contribution in [0.4, 0.5) is 5.82 Å². The topological polar surface area (TPSA) is 154 Å². The van der Waals surface area contributed by atoms with Crippen molar-refractivity contribution in [2.24, 2.45) is 0 Å². The van der Waals surface area contributed by atoms with Gasteiger partial charge in [0.05, 0.1) is 18.2 Å². The lowest BCUT2D eigenvalue weighted by Gasteiger charge is -2.23. The Balaban J connectivity index is 1.89. The Kier molecular flexibility index (Phi) is 8.29. The smallest absolute Gasteiger partial charge is 0.349 e. The maximum absolute atomic E-state index is 13.1. The molecule has 2 aromatic carbocycles. The summed E-state index contributed by atoms with van der Waals surface area (Å²) in [5, 5.41) is 19.6. The van der Waals surface area contributed by atoms with Gasteiger partial charge in [-0.05, 0) is 44.2 Å². The van der Waals surface area contributed by atoms with Gasteiger partial charge in [-0.25, -0.2) is 14.4 Å². The number of aryl methyl sites for hydroxylation is 2. The summed E-state index contributed by atoms with van der Waals surface area (Å²) < 4.78 is 15.3. The van der Waals surface area contributed by atoms with E-state index in [2.05, 4.69) is 15.5 Å². The van der Waals surface area contributed by atoms with Crippen molar-refractivity contribution < 1.29 is 38.5 Å². The second kappa shape index (κ2) is 11.6. The number of carboxylic acids is 1. The predicted octanol–water partition coefficient (Wildman–Crippen LogP) is 2.58.